The molecular formula is C14H22BrNO. The van der Waals surface area contributed by atoms with Crippen LogP contribution in [0.5, 0.6) is 0 Å². The molecule has 0 atom stereocenters. The van der Waals surface area contributed by atoms with E-state index in [1.54, 1.807) is 0 Å². The summed E-state index contributed by atoms with van der Waals surface area (Å²) in [4.78, 5) is 0. The molecule has 2 nitrogen and oxygen atoms in total. The van der Waals surface area contributed by atoms with Gasteiger partial charge in [0.25, 0.3) is 0 Å². The quantitative estimate of drug-likeness (QED) is 0.792. The van der Waals surface area contributed by atoms with Gasteiger partial charge in [0.05, 0.1) is 0 Å². The van der Waals surface area contributed by atoms with Gasteiger partial charge in [-0.3, -0.25) is 0 Å². The predicted molar refractivity (Wildman–Crippen MR) is 76.3 cm³/mol. The number of halogens is 1. The number of aliphatic hydroxyl groups is 1. The van der Waals surface area contributed by atoms with Gasteiger partial charge in [-0.05, 0) is 43.1 Å². The Hall–Kier alpha value is -0.380. The Labute approximate surface area is 113 Å². The fourth-order valence-electron chi connectivity index (χ4n) is 1.62. The van der Waals surface area contributed by atoms with E-state index < -0.39 is 0 Å². The SMILES string of the molecule is Cc1ccc(Br)cc1CCNCC(C)(C)CO. The molecule has 0 unspecified atom stereocenters. The number of aryl methyl sites for hydroxylation is 1. The first-order valence-corrected chi connectivity index (χ1v) is 6.80. The minimum Gasteiger partial charge on any atom is -0.396 e. The van der Waals surface area contributed by atoms with Crippen LogP contribution < -0.4 is 5.32 Å². The minimum absolute atomic E-state index is 0.0354. The average Bonchev–Trinajstić information content (AvgIpc) is 2.29. The van der Waals surface area contributed by atoms with Crippen LogP contribution in [0.4, 0.5) is 0 Å². The Bertz CT molecular complexity index is 363. The summed E-state index contributed by atoms with van der Waals surface area (Å²) in [5.41, 5.74) is 2.66. The molecule has 0 aliphatic carbocycles. The topological polar surface area (TPSA) is 32.3 Å². The lowest BCUT2D eigenvalue weighted by Crippen LogP contribution is -2.33. The largest absolute Gasteiger partial charge is 0.396 e. The number of hydrogen-bond acceptors (Lipinski definition) is 2. The van der Waals surface area contributed by atoms with Crippen molar-refractivity contribution in [3.05, 3.63) is 33.8 Å². The van der Waals surface area contributed by atoms with Gasteiger partial charge in [0.15, 0.2) is 0 Å². The van der Waals surface area contributed by atoms with Gasteiger partial charge in [-0.1, -0.05) is 35.8 Å². The highest BCUT2D eigenvalue weighted by Gasteiger charge is 2.15. The van der Waals surface area contributed by atoms with Gasteiger partial charge in [0, 0.05) is 23.0 Å². The van der Waals surface area contributed by atoms with Gasteiger partial charge >= 0.3 is 0 Å². The van der Waals surface area contributed by atoms with E-state index in [4.69, 9.17) is 5.11 Å². The van der Waals surface area contributed by atoms with Crippen molar-refractivity contribution in [1.82, 2.24) is 5.32 Å². The lowest BCUT2D eigenvalue weighted by atomic mass is 9.95. The molecule has 0 aromatic heterocycles. The highest BCUT2D eigenvalue weighted by Crippen LogP contribution is 2.16. The van der Waals surface area contributed by atoms with Gasteiger partial charge in [0.1, 0.15) is 0 Å². The number of hydrogen-bond donors (Lipinski definition) is 2. The summed E-state index contributed by atoms with van der Waals surface area (Å²) < 4.78 is 1.13. The van der Waals surface area contributed by atoms with E-state index in [1.165, 1.54) is 11.1 Å². The number of nitrogens with one attached hydrogen (secondary N) is 1. The van der Waals surface area contributed by atoms with Crippen molar-refractivity contribution in [3.8, 4) is 0 Å². The highest BCUT2D eigenvalue weighted by molar-refractivity contribution is 9.10. The van der Waals surface area contributed by atoms with E-state index in [0.29, 0.717) is 0 Å². The molecule has 0 heterocycles. The molecule has 1 aromatic rings. The summed E-state index contributed by atoms with van der Waals surface area (Å²) >= 11 is 3.49. The monoisotopic (exact) mass is 299 g/mol. The van der Waals surface area contributed by atoms with Crippen LogP contribution in [-0.2, 0) is 6.42 Å². The van der Waals surface area contributed by atoms with Crippen LogP contribution in [0.2, 0.25) is 0 Å². The van der Waals surface area contributed by atoms with Crippen molar-refractivity contribution in [1.29, 1.82) is 0 Å². The molecule has 96 valence electrons. The van der Waals surface area contributed by atoms with Crippen LogP contribution in [0.3, 0.4) is 0 Å². The number of aliphatic hydroxyl groups excluding tert-OH is 1. The molecule has 3 heteroatoms. The van der Waals surface area contributed by atoms with Gasteiger partial charge < -0.3 is 10.4 Å². The van der Waals surface area contributed by atoms with Gasteiger partial charge in [-0.2, -0.15) is 0 Å². The maximum absolute atomic E-state index is 9.14. The molecule has 0 bridgehead atoms. The second kappa shape index (κ2) is 6.53. The van der Waals surface area contributed by atoms with Gasteiger partial charge in [0.2, 0.25) is 0 Å². The zero-order chi connectivity index (χ0) is 12.9. The highest BCUT2D eigenvalue weighted by atomic mass is 79.9. The van der Waals surface area contributed by atoms with E-state index in [2.05, 4.69) is 60.2 Å². The number of benzene rings is 1. The van der Waals surface area contributed by atoms with Gasteiger partial charge in [-0.15, -0.1) is 0 Å². The van der Waals surface area contributed by atoms with Crippen molar-refractivity contribution in [2.45, 2.75) is 27.2 Å². The normalized spacial score (nSPS) is 11.8. The Morgan fingerprint density at radius 2 is 2.06 bits per heavy atom. The van der Waals surface area contributed by atoms with E-state index in [0.717, 1.165) is 24.0 Å². The van der Waals surface area contributed by atoms with Gasteiger partial charge in [-0.25, -0.2) is 0 Å². The fourth-order valence-corrected chi connectivity index (χ4v) is 2.02. The smallest absolute Gasteiger partial charge is 0.0494 e. The van der Waals surface area contributed by atoms with Crippen molar-refractivity contribution >= 4 is 15.9 Å². The molecule has 0 saturated carbocycles. The molecule has 0 aliphatic heterocycles. The molecule has 1 rings (SSSR count). The zero-order valence-electron chi connectivity index (χ0n) is 10.9. The van der Waals surface area contributed by atoms with Crippen LogP contribution in [0.15, 0.2) is 22.7 Å². The first-order valence-electron chi connectivity index (χ1n) is 6.01. The van der Waals surface area contributed by atoms with E-state index in [9.17, 15) is 0 Å². The summed E-state index contributed by atoms with van der Waals surface area (Å²) in [6.45, 7) is 8.27. The summed E-state index contributed by atoms with van der Waals surface area (Å²) in [6, 6.07) is 6.38. The molecule has 0 spiro atoms. The van der Waals surface area contributed by atoms with E-state index in [-0.39, 0.29) is 12.0 Å². The molecule has 2 N–H and O–H groups in total. The summed E-state index contributed by atoms with van der Waals surface area (Å²) in [5, 5.41) is 12.5. The Balaban J connectivity index is 2.38. The Kier molecular flexibility index (Phi) is 5.63. The predicted octanol–water partition coefficient (Wildman–Crippen LogP) is 2.91. The van der Waals surface area contributed by atoms with E-state index >= 15 is 0 Å². The standard InChI is InChI=1S/C14H22BrNO/c1-11-4-5-13(15)8-12(11)6-7-16-9-14(2,3)10-17/h4-5,8,16-17H,6-7,9-10H2,1-3H3. The minimum atomic E-state index is -0.0354. The van der Waals surface area contributed by atoms with Crippen molar-refractivity contribution in [3.63, 3.8) is 0 Å². The molecule has 17 heavy (non-hydrogen) atoms. The maximum atomic E-state index is 9.14. The second-order valence-electron chi connectivity index (χ2n) is 5.32. The summed E-state index contributed by atoms with van der Waals surface area (Å²) in [6.07, 6.45) is 1.02. The summed E-state index contributed by atoms with van der Waals surface area (Å²) in [7, 11) is 0. The van der Waals surface area contributed by atoms with E-state index in [1.807, 2.05) is 0 Å². The molecule has 0 saturated heterocycles. The maximum Gasteiger partial charge on any atom is 0.0494 e. The van der Waals surface area contributed by atoms with Crippen molar-refractivity contribution in [2.75, 3.05) is 19.7 Å². The van der Waals surface area contributed by atoms with Crippen LogP contribution in [0.25, 0.3) is 0 Å². The van der Waals surface area contributed by atoms with Crippen LogP contribution in [-0.4, -0.2) is 24.8 Å². The zero-order valence-corrected chi connectivity index (χ0v) is 12.5. The Morgan fingerprint density at radius 1 is 1.35 bits per heavy atom. The van der Waals surface area contributed by atoms with Crippen LogP contribution in [0, 0.1) is 12.3 Å². The first kappa shape index (κ1) is 14.7. The first-order chi connectivity index (χ1) is 7.94. The molecule has 0 radical (unpaired) electrons. The van der Waals surface area contributed by atoms with Crippen LogP contribution >= 0.6 is 15.9 Å². The molecule has 0 amide bonds. The fraction of sp³-hybridized carbons (Fsp3) is 0.571. The van der Waals surface area contributed by atoms with Crippen molar-refractivity contribution in [2.24, 2.45) is 5.41 Å². The molecular weight excluding hydrogens is 278 g/mol. The molecule has 0 fully saturated rings. The second-order valence-corrected chi connectivity index (χ2v) is 6.24. The summed E-state index contributed by atoms with van der Waals surface area (Å²) in [5.74, 6) is 0. The van der Waals surface area contributed by atoms with Crippen LogP contribution in [0.1, 0.15) is 25.0 Å². The molecule has 1 aromatic carbocycles. The lowest BCUT2D eigenvalue weighted by molar-refractivity contribution is 0.157. The number of rotatable bonds is 6. The average molecular weight is 300 g/mol. The third-order valence-corrected chi connectivity index (χ3v) is 3.41. The third kappa shape index (κ3) is 5.19. The van der Waals surface area contributed by atoms with Crippen molar-refractivity contribution < 1.29 is 5.11 Å². The molecule has 0 aliphatic rings. The third-order valence-electron chi connectivity index (χ3n) is 2.91. The Morgan fingerprint density at radius 3 is 2.71 bits per heavy atom. The lowest BCUT2D eigenvalue weighted by Gasteiger charge is -2.22.